The Morgan fingerprint density at radius 3 is 1.88 bits per heavy atom. The molecule has 0 rings (SSSR count). The SMILES string of the molecule is CCCCCCCCCC(C)C[Si](Cl)(Cl)Cl. The summed E-state index contributed by atoms with van der Waals surface area (Å²) in [6.07, 6.45) is 10.7. The molecule has 0 nitrogen and oxygen atoms in total. The second kappa shape index (κ2) is 10.1. The molecule has 0 aliphatic rings. The number of halogens is 3. The molecule has 0 spiro atoms. The predicted octanol–water partition coefficient (Wildman–Crippen LogP) is 6.42. The van der Waals surface area contributed by atoms with Crippen molar-refractivity contribution in [1.82, 2.24) is 0 Å². The maximum Gasteiger partial charge on any atom is 0.341 e. The van der Waals surface area contributed by atoms with Crippen LogP contribution in [-0.2, 0) is 0 Å². The molecule has 0 aromatic carbocycles. The van der Waals surface area contributed by atoms with Gasteiger partial charge in [0.15, 0.2) is 0 Å². The van der Waals surface area contributed by atoms with Gasteiger partial charge in [0, 0.05) is 0 Å². The van der Waals surface area contributed by atoms with E-state index in [1.54, 1.807) is 0 Å². The van der Waals surface area contributed by atoms with Gasteiger partial charge in [0.1, 0.15) is 0 Å². The normalized spacial score (nSPS) is 14.1. The predicted molar refractivity (Wildman–Crippen MR) is 79.9 cm³/mol. The van der Waals surface area contributed by atoms with Crippen molar-refractivity contribution in [2.24, 2.45) is 5.92 Å². The van der Waals surface area contributed by atoms with Crippen molar-refractivity contribution in [3.05, 3.63) is 0 Å². The van der Waals surface area contributed by atoms with E-state index in [0.717, 1.165) is 6.04 Å². The van der Waals surface area contributed by atoms with Gasteiger partial charge in [-0.05, 0) is 12.0 Å². The summed E-state index contributed by atoms with van der Waals surface area (Å²) in [5, 5.41) is 0. The Hall–Kier alpha value is 1.09. The average molecular weight is 304 g/mol. The van der Waals surface area contributed by atoms with E-state index >= 15 is 0 Å². The van der Waals surface area contributed by atoms with Gasteiger partial charge in [0.05, 0.1) is 0 Å². The average Bonchev–Trinajstić information content (AvgIpc) is 2.13. The van der Waals surface area contributed by atoms with Gasteiger partial charge in [0.25, 0.3) is 0 Å². The van der Waals surface area contributed by atoms with Crippen LogP contribution in [0.5, 0.6) is 0 Å². The van der Waals surface area contributed by atoms with Crippen LogP contribution in [0.25, 0.3) is 0 Å². The van der Waals surface area contributed by atoms with Gasteiger partial charge in [0.2, 0.25) is 0 Å². The lowest BCUT2D eigenvalue weighted by Gasteiger charge is -2.14. The molecule has 1 atom stereocenters. The van der Waals surface area contributed by atoms with Gasteiger partial charge < -0.3 is 0 Å². The fourth-order valence-corrected chi connectivity index (χ4v) is 5.31. The van der Waals surface area contributed by atoms with Crippen LogP contribution < -0.4 is 0 Å². The number of hydrogen-bond acceptors (Lipinski definition) is 0. The highest BCUT2D eigenvalue weighted by molar-refractivity contribution is 7.64. The smallest absolute Gasteiger partial charge is 0.126 e. The van der Waals surface area contributed by atoms with E-state index in [2.05, 4.69) is 13.8 Å². The molecular formula is C12H25Cl3Si. The Bertz CT molecular complexity index is 157. The lowest BCUT2D eigenvalue weighted by Crippen LogP contribution is -2.13. The zero-order chi connectivity index (χ0) is 12.4. The Kier molecular flexibility index (Phi) is 10.7. The molecule has 0 saturated heterocycles. The van der Waals surface area contributed by atoms with Crippen LogP contribution in [0, 0.1) is 5.92 Å². The molecule has 0 radical (unpaired) electrons. The minimum absolute atomic E-state index is 0.579. The van der Waals surface area contributed by atoms with E-state index in [1.165, 1.54) is 51.4 Å². The number of rotatable bonds is 10. The van der Waals surface area contributed by atoms with E-state index in [9.17, 15) is 0 Å². The fraction of sp³-hybridized carbons (Fsp3) is 1.00. The molecule has 0 N–H and O–H groups in total. The standard InChI is InChI=1S/C12H25Cl3Si/c1-3-4-5-6-7-8-9-10-12(2)11-16(13,14)15/h12H,3-11H2,1-2H3. The summed E-state index contributed by atoms with van der Waals surface area (Å²) < 4.78 is 0. The first-order chi connectivity index (χ1) is 7.45. The summed E-state index contributed by atoms with van der Waals surface area (Å²) in [5.74, 6) is 0.579. The van der Waals surface area contributed by atoms with Crippen molar-refractivity contribution in [2.75, 3.05) is 0 Å². The Morgan fingerprint density at radius 1 is 0.875 bits per heavy atom. The van der Waals surface area contributed by atoms with Crippen LogP contribution in [0.15, 0.2) is 0 Å². The lowest BCUT2D eigenvalue weighted by molar-refractivity contribution is 0.509. The van der Waals surface area contributed by atoms with Gasteiger partial charge in [-0.2, -0.15) is 0 Å². The van der Waals surface area contributed by atoms with E-state index in [0.29, 0.717) is 5.92 Å². The van der Waals surface area contributed by atoms with Gasteiger partial charge in [-0.25, -0.2) is 0 Å². The molecule has 0 aromatic heterocycles. The molecule has 0 aliphatic heterocycles. The molecule has 0 amide bonds. The summed E-state index contributed by atoms with van der Waals surface area (Å²) >= 11 is 17.7. The van der Waals surface area contributed by atoms with E-state index in [-0.39, 0.29) is 0 Å². The van der Waals surface area contributed by atoms with Gasteiger partial charge in [-0.3, -0.25) is 0 Å². The van der Waals surface area contributed by atoms with Crippen molar-refractivity contribution < 1.29 is 0 Å². The summed E-state index contributed by atoms with van der Waals surface area (Å²) in [6, 6.07) is -1.58. The van der Waals surface area contributed by atoms with Crippen molar-refractivity contribution in [3.63, 3.8) is 0 Å². The van der Waals surface area contributed by atoms with Crippen molar-refractivity contribution >= 4 is 39.2 Å². The molecule has 1 unspecified atom stereocenters. The van der Waals surface area contributed by atoms with E-state index < -0.39 is 6.00 Å². The highest BCUT2D eigenvalue weighted by Crippen LogP contribution is 2.31. The first-order valence-electron chi connectivity index (χ1n) is 6.52. The molecule has 0 bridgehead atoms. The highest BCUT2D eigenvalue weighted by atomic mass is 35.8. The molecule has 0 heterocycles. The summed E-state index contributed by atoms with van der Waals surface area (Å²) in [7, 11) is 0. The van der Waals surface area contributed by atoms with Crippen LogP contribution in [0.3, 0.4) is 0 Å². The second-order valence-electron chi connectivity index (χ2n) is 4.83. The second-order valence-corrected chi connectivity index (χ2v) is 14.0. The van der Waals surface area contributed by atoms with Crippen LogP contribution in [0.2, 0.25) is 6.04 Å². The summed E-state index contributed by atoms with van der Waals surface area (Å²) in [5.41, 5.74) is 0. The molecule has 0 fully saturated rings. The third-order valence-electron chi connectivity index (χ3n) is 2.88. The zero-order valence-electron chi connectivity index (χ0n) is 10.6. The topological polar surface area (TPSA) is 0 Å². The molecule has 0 saturated carbocycles. The molecular weight excluding hydrogens is 279 g/mol. The van der Waals surface area contributed by atoms with Crippen LogP contribution in [0.1, 0.15) is 65.2 Å². The third-order valence-corrected chi connectivity index (χ3v) is 5.43. The van der Waals surface area contributed by atoms with Crippen LogP contribution in [-0.4, -0.2) is 6.00 Å². The molecule has 0 aromatic rings. The third kappa shape index (κ3) is 13.2. The Labute approximate surface area is 116 Å². The van der Waals surface area contributed by atoms with Crippen LogP contribution in [0.4, 0.5) is 0 Å². The number of hydrogen-bond donors (Lipinski definition) is 0. The Balaban J connectivity index is 3.25. The van der Waals surface area contributed by atoms with Gasteiger partial charge in [-0.1, -0.05) is 65.2 Å². The van der Waals surface area contributed by atoms with E-state index in [4.69, 9.17) is 33.2 Å². The minimum Gasteiger partial charge on any atom is -0.126 e. The summed E-state index contributed by atoms with van der Waals surface area (Å²) in [6.45, 7) is 4.45. The number of unbranched alkanes of at least 4 members (excludes halogenated alkanes) is 6. The zero-order valence-corrected chi connectivity index (χ0v) is 13.8. The van der Waals surface area contributed by atoms with Crippen LogP contribution >= 0.6 is 33.2 Å². The summed E-state index contributed by atoms with van der Waals surface area (Å²) in [4.78, 5) is 0. The fourth-order valence-electron chi connectivity index (χ4n) is 1.95. The van der Waals surface area contributed by atoms with Crippen molar-refractivity contribution in [1.29, 1.82) is 0 Å². The first-order valence-corrected chi connectivity index (χ1v) is 11.8. The maximum atomic E-state index is 5.90. The monoisotopic (exact) mass is 302 g/mol. The van der Waals surface area contributed by atoms with Gasteiger partial charge >= 0.3 is 6.00 Å². The highest BCUT2D eigenvalue weighted by Gasteiger charge is 2.27. The molecule has 16 heavy (non-hydrogen) atoms. The maximum absolute atomic E-state index is 5.90. The molecule has 4 heteroatoms. The quantitative estimate of drug-likeness (QED) is 0.248. The van der Waals surface area contributed by atoms with E-state index in [1.807, 2.05) is 0 Å². The Morgan fingerprint density at radius 2 is 1.38 bits per heavy atom. The van der Waals surface area contributed by atoms with Crippen molar-refractivity contribution in [2.45, 2.75) is 71.3 Å². The minimum atomic E-state index is -2.39. The van der Waals surface area contributed by atoms with Crippen molar-refractivity contribution in [3.8, 4) is 0 Å². The molecule has 98 valence electrons. The lowest BCUT2D eigenvalue weighted by atomic mass is 10.0. The first kappa shape index (κ1) is 17.1. The molecule has 0 aliphatic carbocycles. The van der Waals surface area contributed by atoms with Gasteiger partial charge in [-0.15, -0.1) is 33.2 Å². The largest absolute Gasteiger partial charge is 0.341 e.